The van der Waals surface area contributed by atoms with Crippen LogP contribution in [0.3, 0.4) is 0 Å². The first-order chi connectivity index (χ1) is 9.26. The van der Waals surface area contributed by atoms with Gasteiger partial charge in [0.1, 0.15) is 5.82 Å². The van der Waals surface area contributed by atoms with Crippen molar-refractivity contribution in [1.82, 2.24) is 9.97 Å². The molecule has 0 aliphatic heterocycles. The second kappa shape index (κ2) is 5.65. The van der Waals surface area contributed by atoms with Gasteiger partial charge >= 0.3 is 0 Å². The Balaban J connectivity index is 1.69. The molecule has 0 radical (unpaired) electrons. The molecule has 0 amide bonds. The van der Waals surface area contributed by atoms with Gasteiger partial charge in [0, 0.05) is 18.8 Å². The van der Waals surface area contributed by atoms with E-state index in [0.29, 0.717) is 6.04 Å². The molecule has 2 N–H and O–H groups in total. The van der Waals surface area contributed by atoms with Crippen LogP contribution < -0.4 is 10.6 Å². The van der Waals surface area contributed by atoms with Crippen LogP contribution in [0.15, 0.2) is 10.7 Å². The minimum atomic E-state index is 0.601. The Morgan fingerprint density at radius 3 is 2.95 bits per heavy atom. The quantitative estimate of drug-likeness (QED) is 0.867. The molecular formula is C14H21BrN4. The highest BCUT2D eigenvalue weighted by molar-refractivity contribution is 9.10. The number of anilines is 2. The Morgan fingerprint density at radius 2 is 2.26 bits per heavy atom. The van der Waals surface area contributed by atoms with Gasteiger partial charge in [0.15, 0.2) is 0 Å². The number of nitrogens with one attached hydrogen (secondary N) is 2. The van der Waals surface area contributed by atoms with E-state index in [-0.39, 0.29) is 0 Å². The van der Waals surface area contributed by atoms with Crippen LogP contribution in [0.2, 0.25) is 0 Å². The molecule has 1 aromatic rings. The van der Waals surface area contributed by atoms with E-state index in [1.807, 2.05) is 6.20 Å². The molecule has 2 aliphatic carbocycles. The van der Waals surface area contributed by atoms with Crippen LogP contribution in [0, 0.1) is 11.8 Å². The summed E-state index contributed by atoms with van der Waals surface area (Å²) in [5, 5.41) is 6.86. The molecule has 1 aromatic heterocycles. The smallest absolute Gasteiger partial charge is 0.224 e. The molecule has 2 bridgehead atoms. The third-order valence-electron chi connectivity index (χ3n) is 4.34. The zero-order chi connectivity index (χ0) is 13.2. The number of hydrogen-bond donors (Lipinski definition) is 2. The molecule has 0 aromatic carbocycles. The first-order valence-electron chi connectivity index (χ1n) is 7.29. The Hall–Kier alpha value is -0.840. The highest BCUT2D eigenvalue weighted by Crippen LogP contribution is 2.45. The summed E-state index contributed by atoms with van der Waals surface area (Å²) in [5.74, 6) is 3.45. The molecule has 1 heterocycles. The Bertz CT molecular complexity index is 451. The summed E-state index contributed by atoms with van der Waals surface area (Å²) in [6, 6.07) is 0.601. The molecule has 0 saturated heterocycles. The van der Waals surface area contributed by atoms with Crippen molar-refractivity contribution in [1.29, 1.82) is 0 Å². The van der Waals surface area contributed by atoms with Gasteiger partial charge in [-0.15, -0.1) is 0 Å². The van der Waals surface area contributed by atoms with Crippen molar-refractivity contribution >= 4 is 27.7 Å². The largest absolute Gasteiger partial charge is 0.366 e. The predicted octanol–water partition coefficient (Wildman–Crippen LogP) is 3.66. The van der Waals surface area contributed by atoms with E-state index in [1.165, 1.54) is 25.7 Å². The lowest BCUT2D eigenvalue weighted by atomic mass is 9.95. The van der Waals surface area contributed by atoms with Crippen LogP contribution in [-0.2, 0) is 0 Å². The second-order valence-electron chi connectivity index (χ2n) is 5.74. The Kier molecular flexibility index (Phi) is 3.91. The fourth-order valence-corrected chi connectivity index (χ4v) is 3.69. The van der Waals surface area contributed by atoms with E-state index in [1.54, 1.807) is 0 Å². The van der Waals surface area contributed by atoms with Crippen molar-refractivity contribution in [2.75, 3.05) is 17.2 Å². The summed E-state index contributed by atoms with van der Waals surface area (Å²) in [7, 11) is 0. The SMILES string of the molecule is CCCNc1ncc(Br)c(NC2CC3CCC2C3)n1. The van der Waals surface area contributed by atoms with Crippen LogP contribution in [0.25, 0.3) is 0 Å². The zero-order valence-electron chi connectivity index (χ0n) is 11.3. The number of fused-ring (bicyclic) bond motifs is 2. The van der Waals surface area contributed by atoms with Gasteiger partial charge in [-0.1, -0.05) is 13.3 Å². The third-order valence-corrected chi connectivity index (χ3v) is 4.92. The highest BCUT2D eigenvalue weighted by Gasteiger charge is 2.39. The number of aromatic nitrogens is 2. The van der Waals surface area contributed by atoms with Crippen molar-refractivity contribution in [2.45, 2.75) is 45.1 Å². The number of nitrogens with zero attached hydrogens (tertiary/aromatic N) is 2. The van der Waals surface area contributed by atoms with E-state index in [4.69, 9.17) is 0 Å². The summed E-state index contributed by atoms with van der Waals surface area (Å²) >= 11 is 3.54. The van der Waals surface area contributed by atoms with Crippen LogP contribution in [0.5, 0.6) is 0 Å². The first-order valence-corrected chi connectivity index (χ1v) is 8.08. The van der Waals surface area contributed by atoms with E-state index >= 15 is 0 Å². The molecule has 104 valence electrons. The number of rotatable bonds is 5. The van der Waals surface area contributed by atoms with E-state index in [0.717, 1.165) is 41.0 Å². The van der Waals surface area contributed by atoms with Gasteiger partial charge in [-0.2, -0.15) is 4.98 Å². The van der Waals surface area contributed by atoms with Crippen LogP contribution in [0.4, 0.5) is 11.8 Å². The molecular weight excluding hydrogens is 304 g/mol. The normalized spacial score (nSPS) is 28.6. The maximum Gasteiger partial charge on any atom is 0.224 e. The molecule has 3 atom stereocenters. The van der Waals surface area contributed by atoms with E-state index in [9.17, 15) is 0 Å². The van der Waals surface area contributed by atoms with Gasteiger partial charge in [0.05, 0.1) is 4.47 Å². The van der Waals surface area contributed by atoms with E-state index in [2.05, 4.69) is 43.5 Å². The third kappa shape index (κ3) is 2.86. The Morgan fingerprint density at radius 1 is 1.37 bits per heavy atom. The lowest BCUT2D eigenvalue weighted by molar-refractivity contribution is 0.439. The molecule has 4 nitrogen and oxygen atoms in total. The van der Waals surface area contributed by atoms with Crippen molar-refractivity contribution in [2.24, 2.45) is 11.8 Å². The molecule has 0 spiro atoms. The zero-order valence-corrected chi connectivity index (χ0v) is 12.9. The van der Waals surface area contributed by atoms with Gasteiger partial charge in [-0.25, -0.2) is 4.98 Å². The average molecular weight is 325 g/mol. The molecule has 3 rings (SSSR count). The van der Waals surface area contributed by atoms with Gasteiger partial charge in [0.25, 0.3) is 0 Å². The molecule has 2 fully saturated rings. The maximum atomic E-state index is 4.58. The minimum Gasteiger partial charge on any atom is -0.366 e. The van der Waals surface area contributed by atoms with Gasteiger partial charge in [-0.05, 0) is 53.4 Å². The summed E-state index contributed by atoms with van der Waals surface area (Å²) in [6.45, 7) is 3.05. The molecule has 2 saturated carbocycles. The standard InChI is InChI=1S/C14H21BrN4/c1-2-5-16-14-17-8-11(15)13(19-14)18-12-7-9-3-4-10(12)6-9/h8-10,12H,2-7H2,1H3,(H2,16,17,18,19). The van der Waals surface area contributed by atoms with Crippen molar-refractivity contribution < 1.29 is 0 Å². The number of halogens is 1. The summed E-state index contributed by atoms with van der Waals surface area (Å²) in [5.41, 5.74) is 0. The monoisotopic (exact) mass is 324 g/mol. The minimum absolute atomic E-state index is 0.601. The summed E-state index contributed by atoms with van der Waals surface area (Å²) in [4.78, 5) is 8.87. The topological polar surface area (TPSA) is 49.8 Å². The number of hydrogen-bond acceptors (Lipinski definition) is 4. The lowest BCUT2D eigenvalue weighted by Gasteiger charge is -2.24. The van der Waals surface area contributed by atoms with Crippen molar-refractivity contribution in [3.63, 3.8) is 0 Å². The van der Waals surface area contributed by atoms with Gasteiger partial charge in [-0.3, -0.25) is 0 Å². The molecule has 2 aliphatic rings. The lowest BCUT2D eigenvalue weighted by Crippen LogP contribution is -2.26. The maximum absolute atomic E-state index is 4.58. The predicted molar refractivity (Wildman–Crippen MR) is 81.4 cm³/mol. The molecule has 5 heteroatoms. The summed E-state index contributed by atoms with van der Waals surface area (Å²) < 4.78 is 0.956. The molecule has 3 unspecified atom stereocenters. The van der Waals surface area contributed by atoms with Crippen LogP contribution in [0.1, 0.15) is 39.0 Å². The van der Waals surface area contributed by atoms with Crippen molar-refractivity contribution in [3.05, 3.63) is 10.7 Å². The fourth-order valence-electron chi connectivity index (χ4n) is 3.39. The second-order valence-corrected chi connectivity index (χ2v) is 6.60. The highest BCUT2D eigenvalue weighted by atomic mass is 79.9. The van der Waals surface area contributed by atoms with E-state index < -0.39 is 0 Å². The summed E-state index contributed by atoms with van der Waals surface area (Å²) in [6.07, 6.45) is 8.43. The van der Waals surface area contributed by atoms with Crippen LogP contribution >= 0.6 is 15.9 Å². The van der Waals surface area contributed by atoms with Gasteiger partial charge in [0.2, 0.25) is 5.95 Å². The Labute approximate surface area is 122 Å². The van der Waals surface area contributed by atoms with Gasteiger partial charge < -0.3 is 10.6 Å². The fraction of sp³-hybridized carbons (Fsp3) is 0.714. The molecule has 19 heavy (non-hydrogen) atoms. The first kappa shape index (κ1) is 13.2. The average Bonchev–Trinajstić information content (AvgIpc) is 3.02. The van der Waals surface area contributed by atoms with Crippen molar-refractivity contribution in [3.8, 4) is 0 Å². The van der Waals surface area contributed by atoms with Crippen LogP contribution in [-0.4, -0.2) is 22.6 Å².